The molecule has 0 atom stereocenters. The fourth-order valence-electron chi connectivity index (χ4n) is 1.48. The van der Waals surface area contributed by atoms with E-state index in [1.165, 1.54) is 11.8 Å². The number of carbonyl (C=O) groups excluding carboxylic acids is 1. The van der Waals surface area contributed by atoms with Crippen molar-refractivity contribution in [3.8, 4) is 0 Å². The van der Waals surface area contributed by atoms with Gasteiger partial charge in [-0.2, -0.15) is 5.10 Å². The number of nitrogens with two attached hydrogens (primary N) is 1. The summed E-state index contributed by atoms with van der Waals surface area (Å²) in [5, 5.41) is 4.59. The van der Waals surface area contributed by atoms with Gasteiger partial charge in [-0.3, -0.25) is 9.67 Å². The Morgan fingerprint density at radius 2 is 2.39 bits per heavy atom. The Morgan fingerprint density at radius 3 is 3.06 bits per heavy atom. The predicted molar refractivity (Wildman–Crippen MR) is 66.3 cm³/mol. The van der Waals surface area contributed by atoms with Gasteiger partial charge in [0.15, 0.2) is 5.69 Å². The van der Waals surface area contributed by atoms with Crippen LogP contribution in [0, 0.1) is 0 Å². The van der Waals surface area contributed by atoms with E-state index in [9.17, 15) is 4.79 Å². The van der Waals surface area contributed by atoms with Crippen molar-refractivity contribution in [2.75, 3.05) is 12.8 Å². The summed E-state index contributed by atoms with van der Waals surface area (Å²) in [6.07, 6.45) is 4.74. The van der Waals surface area contributed by atoms with Crippen LogP contribution in [-0.4, -0.2) is 27.8 Å². The number of halogens is 1. The van der Waals surface area contributed by atoms with Crippen LogP contribution in [0.25, 0.3) is 0 Å². The molecule has 0 aliphatic carbocycles. The second-order valence-corrected chi connectivity index (χ2v) is 4.00. The molecule has 0 aromatic carbocycles. The van der Waals surface area contributed by atoms with Gasteiger partial charge in [0.05, 0.1) is 24.4 Å². The van der Waals surface area contributed by atoms with Crippen molar-refractivity contribution in [1.29, 1.82) is 0 Å². The SMILES string of the molecule is COC(=O)c1nn(Cc2ccncc2Cl)cc1N. The monoisotopic (exact) mass is 266 g/mol. The maximum atomic E-state index is 11.4. The van der Waals surface area contributed by atoms with E-state index >= 15 is 0 Å². The zero-order valence-corrected chi connectivity index (χ0v) is 10.4. The van der Waals surface area contributed by atoms with Gasteiger partial charge in [-0.25, -0.2) is 4.79 Å². The molecule has 7 heteroatoms. The lowest BCUT2D eigenvalue weighted by Gasteiger charge is -2.03. The molecule has 2 N–H and O–H groups in total. The minimum absolute atomic E-state index is 0.0997. The number of hydrogen-bond acceptors (Lipinski definition) is 5. The number of nitrogens with zero attached hydrogens (tertiary/aromatic N) is 3. The Kier molecular flexibility index (Phi) is 3.47. The van der Waals surface area contributed by atoms with Crippen LogP contribution in [0.5, 0.6) is 0 Å². The Balaban J connectivity index is 2.26. The van der Waals surface area contributed by atoms with Gasteiger partial charge in [0.25, 0.3) is 0 Å². The molecule has 0 fully saturated rings. The Bertz CT molecular complexity index is 582. The summed E-state index contributed by atoms with van der Waals surface area (Å²) in [6.45, 7) is 0.405. The minimum Gasteiger partial charge on any atom is -0.464 e. The van der Waals surface area contributed by atoms with Crippen LogP contribution in [0.4, 0.5) is 5.69 Å². The maximum absolute atomic E-state index is 11.4. The number of anilines is 1. The van der Waals surface area contributed by atoms with Crippen molar-refractivity contribution < 1.29 is 9.53 Å². The molecule has 0 unspecified atom stereocenters. The lowest BCUT2D eigenvalue weighted by Crippen LogP contribution is -2.07. The highest BCUT2D eigenvalue weighted by Gasteiger charge is 2.15. The van der Waals surface area contributed by atoms with Gasteiger partial charge in [0.2, 0.25) is 0 Å². The molecule has 0 saturated carbocycles. The first-order valence-electron chi connectivity index (χ1n) is 5.11. The fraction of sp³-hybridized carbons (Fsp3) is 0.182. The summed E-state index contributed by atoms with van der Waals surface area (Å²) in [7, 11) is 1.28. The molecule has 0 spiro atoms. The molecule has 0 radical (unpaired) electrons. The van der Waals surface area contributed by atoms with Crippen LogP contribution in [-0.2, 0) is 11.3 Å². The Labute approximate surface area is 108 Å². The highest BCUT2D eigenvalue weighted by atomic mass is 35.5. The smallest absolute Gasteiger partial charge is 0.360 e. The molecule has 2 heterocycles. The average Bonchev–Trinajstić information content (AvgIpc) is 2.72. The molecule has 6 nitrogen and oxygen atoms in total. The van der Waals surface area contributed by atoms with Gasteiger partial charge in [0.1, 0.15) is 0 Å². The van der Waals surface area contributed by atoms with Gasteiger partial charge in [-0.05, 0) is 11.6 Å². The average molecular weight is 267 g/mol. The number of carbonyl (C=O) groups is 1. The number of nitrogen functional groups attached to an aromatic ring is 1. The van der Waals surface area contributed by atoms with Gasteiger partial charge >= 0.3 is 5.97 Å². The first kappa shape index (κ1) is 12.4. The number of pyridine rings is 1. The molecule has 2 aromatic heterocycles. The molecule has 0 saturated heterocycles. The van der Waals surface area contributed by atoms with E-state index in [-0.39, 0.29) is 11.4 Å². The number of ether oxygens (including phenoxy) is 1. The van der Waals surface area contributed by atoms with E-state index in [2.05, 4.69) is 14.8 Å². The van der Waals surface area contributed by atoms with Crippen LogP contribution in [0.3, 0.4) is 0 Å². The lowest BCUT2D eigenvalue weighted by atomic mass is 10.3. The van der Waals surface area contributed by atoms with E-state index in [0.717, 1.165) is 5.56 Å². The van der Waals surface area contributed by atoms with Crippen molar-refractivity contribution >= 4 is 23.3 Å². The third kappa shape index (κ3) is 2.43. The molecule has 0 aliphatic rings. The van der Waals surface area contributed by atoms with Crippen LogP contribution in [0.2, 0.25) is 5.02 Å². The van der Waals surface area contributed by atoms with Crippen LogP contribution in [0.1, 0.15) is 16.1 Å². The van der Waals surface area contributed by atoms with Crippen LogP contribution < -0.4 is 5.73 Å². The van der Waals surface area contributed by atoms with Gasteiger partial charge < -0.3 is 10.5 Å². The van der Waals surface area contributed by atoms with E-state index in [0.29, 0.717) is 11.6 Å². The van der Waals surface area contributed by atoms with Gasteiger partial charge in [-0.15, -0.1) is 0 Å². The minimum atomic E-state index is -0.563. The quantitative estimate of drug-likeness (QED) is 0.848. The van der Waals surface area contributed by atoms with E-state index in [4.69, 9.17) is 17.3 Å². The van der Waals surface area contributed by atoms with Crippen molar-refractivity contribution in [2.45, 2.75) is 6.54 Å². The number of esters is 1. The fourth-order valence-corrected chi connectivity index (χ4v) is 1.66. The first-order valence-corrected chi connectivity index (χ1v) is 5.49. The molecular formula is C11H11ClN4O2. The summed E-state index contributed by atoms with van der Waals surface area (Å²) in [5.41, 5.74) is 6.89. The maximum Gasteiger partial charge on any atom is 0.360 e. The Hall–Kier alpha value is -2.08. The third-order valence-corrected chi connectivity index (χ3v) is 2.70. The van der Waals surface area contributed by atoms with E-state index in [1.807, 2.05) is 0 Å². The molecule has 2 aromatic rings. The van der Waals surface area contributed by atoms with Crippen LogP contribution >= 0.6 is 11.6 Å². The van der Waals surface area contributed by atoms with Crippen molar-refractivity contribution in [1.82, 2.24) is 14.8 Å². The highest BCUT2D eigenvalue weighted by Crippen LogP contribution is 2.16. The van der Waals surface area contributed by atoms with Crippen molar-refractivity contribution in [3.05, 3.63) is 40.9 Å². The summed E-state index contributed by atoms with van der Waals surface area (Å²) in [5.74, 6) is -0.563. The summed E-state index contributed by atoms with van der Waals surface area (Å²) < 4.78 is 6.10. The Morgan fingerprint density at radius 1 is 1.61 bits per heavy atom. The largest absolute Gasteiger partial charge is 0.464 e. The summed E-state index contributed by atoms with van der Waals surface area (Å²) in [4.78, 5) is 15.2. The van der Waals surface area contributed by atoms with E-state index < -0.39 is 5.97 Å². The molecule has 2 rings (SSSR count). The molecular weight excluding hydrogens is 256 g/mol. The summed E-state index contributed by atoms with van der Waals surface area (Å²) >= 11 is 5.98. The zero-order chi connectivity index (χ0) is 13.1. The predicted octanol–water partition coefficient (Wildman–Crippen LogP) is 1.35. The van der Waals surface area contributed by atoms with Gasteiger partial charge in [-0.1, -0.05) is 11.6 Å². The summed E-state index contributed by atoms with van der Waals surface area (Å²) in [6, 6.07) is 1.78. The number of hydrogen-bond donors (Lipinski definition) is 1. The molecule has 0 bridgehead atoms. The number of aromatic nitrogens is 3. The van der Waals surface area contributed by atoms with Crippen molar-refractivity contribution in [3.63, 3.8) is 0 Å². The standard InChI is InChI=1S/C11H11ClN4O2/c1-18-11(17)10-9(13)6-16(15-10)5-7-2-3-14-4-8(7)12/h2-4,6H,5,13H2,1H3. The van der Waals surface area contributed by atoms with Crippen molar-refractivity contribution in [2.24, 2.45) is 0 Å². The van der Waals surface area contributed by atoms with Gasteiger partial charge in [0, 0.05) is 18.6 Å². The number of rotatable bonds is 3. The molecule has 18 heavy (non-hydrogen) atoms. The molecule has 94 valence electrons. The third-order valence-electron chi connectivity index (χ3n) is 2.36. The second kappa shape index (κ2) is 5.05. The molecule has 0 aliphatic heterocycles. The lowest BCUT2D eigenvalue weighted by molar-refractivity contribution is 0.0594. The number of methoxy groups -OCH3 is 1. The topological polar surface area (TPSA) is 83.0 Å². The zero-order valence-electron chi connectivity index (χ0n) is 9.63. The van der Waals surface area contributed by atoms with E-state index in [1.54, 1.807) is 24.7 Å². The normalized spacial score (nSPS) is 10.3. The van der Waals surface area contributed by atoms with Crippen LogP contribution in [0.15, 0.2) is 24.7 Å². The highest BCUT2D eigenvalue weighted by molar-refractivity contribution is 6.31. The first-order chi connectivity index (χ1) is 8.61. The molecule has 0 amide bonds. The second-order valence-electron chi connectivity index (χ2n) is 3.59.